The number of rotatable bonds is 2. The summed E-state index contributed by atoms with van der Waals surface area (Å²) in [5.74, 6) is -3.07. The van der Waals surface area contributed by atoms with Gasteiger partial charge in [-0.15, -0.1) is 0 Å². The van der Waals surface area contributed by atoms with Gasteiger partial charge in [0.2, 0.25) is 5.60 Å². The number of aliphatic carboxylic acids is 2. The summed E-state index contributed by atoms with van der Waals surface area (Å²) in [4.78, 5) is 21.6. The van der Waals surface area contributed by atoms with Crippen molar-refractivity contribution >= 4 is 11.9 Å². The molecule has 0 aromatic carbocycles. The fraction of sp³-hybridized carbons (Fsp3) is 0.750. The third kappa shape index (κ3) is 0.966. The van der Waals surface area contributed by atoms with Crippen LogP contribution in [0.1, 0.15) is 19.3 Å². The van der Waals surface area contributed by atoms with Crippen molar-refractivity contribution in [1.29, 1.82) is 0 Å². The minimum absolute atomic E-state index is 0.375. The maximum absolute atomic E-state index is 10.8. The lowest BCUT2D eigenvalue weighted by atomic mass is 9.79. The molecule has 5 nitrogen and oxygen atoms in total. The van der Waals surface area contributed by atoms with Crippen LogP contribution in [0, 0.1) is 5.92 Å². The number of carboxylic acid groups (broad SMARTS) is 2. The van der Waals surface area contributed by atoms with Gasteiger partial charge in [0.25, 0.3) is 0 Å². The second kappa shape index (κ2) is 2.45. The summed E-state index contributed by atoms with van der Waals surface area (Å²) in [6.07, 6.45) is 1.42. The molecule has 0 bridgehead atoms. The number of hydrogen-bond acceptors (Lipinski definition) is 3. The van der Waals surface area contributed by atoms with Crippen molar-refractivity contribution in [2.24, 2.45) is 5.92 Å². The lowest BCUT2D eigenvalue weighted by molar-refractivity contribution is -0.156. The Morgan fingerprint density at radius 1 is 1.31 bits per heavy atom. The van der Waals surface area contributed by atoms with Gasteiger partial charge in [-0.2, -0.15) is 0 Å². The molecule has 3 atom stereocenters. The van der Waals surface area contributed by atoms with Crippen LogP contribution in [0.5, 0.6) is 0 Å². The lowest BCUT2D eigenvalue weighted by Gasteiger charge is -2.20. The van der Waals surface area contributed by atoms with Gasteiger partial charge in [-0.25, -0.2) is 4.79 Å². The Kier molecular flexibility index (Phi) is 1.60. The van der Waals surface area contributed by atoms with E-state index in [0.29, 0.717) is 12.8 Å². The third-order valence-electron chi connectivity index (χ3n) is 2.87. The first-order valence-corrected chi connectivity index (χ1v) is 4.23. The van der Waals surface area contributed by atoms with Gasteiger partial charge in [0, 0.05) is 0 Å². The molecule has 2 N–H and O–H groups in total. The quantitative estimate of drug-likeness (QED) is 0.597. The molecule has 0 radical (unpaired) electrons. The molecule has 1 saturated carbocycles. The highest BCUT2D eigenvalue weighted by Gasteiger charge is 2.70. The monoisotopic (exact) mass is 186 g/mol. The van der Waals surface area contributed by atoms with E-state index in [1.54, 1.807) is 0 Å². The molecular formula is C8H10O5. The van der Waals surface area contributed by atoms with E-state index >= 15 is 0 Å². The van der Waals surface area contributed by atoms with E-state index in [9.17, 15) is 9.59 Å². The zero-order valence-corrected chi connectivity index (χ0v) is 6.90. The van der Waals surface area contributed by atoms with Gasteiger partial charge in [0.05, 0.1) is 12.0 Å². The highest BCUT2D eigenvalue weighted by molar-refractivity contribution is 5.89. The molecule has 1 saturated heterocycles. The SMILES string of the molecule is O=C(O)C1CCCC2OC21C(=O)O. The Hall–Kier alpha value is -1.10. The Labute approximate surface area is 74.3 Å². The van der Waals surface area contributed by atoms with Crippen molar-refractivity contribution in [1.82, 2.24) is 0 Å². The van der Waals surface area contributed by atoms with E-state index in [0.717, 1.165) is 6.42 Å². The first-order chi connectivity index (χ1) is 6.09. The maximum Gasteiger partial charge on any atom is 0.339 e. The minimum Gasteiger partial charge on any atom is -0.481 e. The van der Waals surface area contributed by atoms with Crippen LogP contribution in [0.4, 0.5) is 0 Å². The number of fused-ring (bicyclic) bond motifs is 1. The first kappa shape index (κ1) is 8.50. The van der Waals surface area contributed by atoms with Gasteiger partial charge in [0.1, 0.15) is 0 Å². The summed E-state index contributed by atoms with van der Waals surface area (Å²) in [5.41, 5.74) is -1.40. The number of epoxide rings is 1. The minimum atomic E-state index is -1.40. The average Bonchev–Trinajstić information content (AvgIpc) is 2.77. The number of hydrogen-bond donors (Lipinski definition) is 2. The van der Waals surface area contributed by atoms with E-state index in [2.05, 4.69) is 0 Å². The van der Waals surface area contributed by atoms with Crippen molar-refractivity contribution in [3.05, 3.63) is 0 Å². The summed E-state index contributed by atoms with van der Waals surface area (Å²) < 4.78 is 5.02. The number of ether oxygens (including phenoxy) is 1. The highest BCUT2D eigenvalue weighted by atomic mass is 16.6. The van der Waals surface area contributed by atoms with Gasteiger partial charge < -0.3 is 14.9 Å². The second-order valence-electron chi connectivity index (χ2n) is 3.53. The van der Waals surface area contributed by atoms with E-state index < -0.39 is 23.5 Å². The van der Waals surface area contributed by atoms with Gasteiger partial charge >= 0.3 is 11.9 Å². The van der Waals surface area contributed by atoms with Gasteiger partial charge in [-0.05, 0) is 19.3 Å². The van der Waals surface area contributed by atoms with Crippen LogP contribution in [0.2, 0.25) is 0 Å². The Balaban J connectivity index is 2.26. The Morgan fingerprint density at radius 2 is 2.00 bits per heavy atom. The topological polar surface area (TPSA) is 87.1 Å². The van der Waals surface area contributed by atoms with Crippen molar-refractivity contribution in [2.75, 3.05) is 0 Å². The second-order valence-corrected chi connectivity index (χ2v) is 3.53. The van der Waals surface area contributed by atoms with E-state index in [4.69, 9.17) is 14.9 Å². The van der Waals surface area contributed by atoms with Crippen molar-refractivity contribution in [3.63, 3.8) is 0 Å². The fourth-order valence-electron chi connectivity index (χ4n) is 2.15. The number of carboxylic acids is 2. The third-order valence-corrected chi connectivity index (χ3v) is 2.87. The van der Waals surface area contributed by atoms with E-state index in [1.807, 2.05) is 0 Å². The Morgan fingerprint density at radius 3 is 2.46 bits per heavy atom. The van der Waals surface area contributed by atoms with Crippen LogP contribution < -0.4 is 0 Å². The molecular weight excluding hydrogens is 176 g/mol. The maximum atomic E-state index is 10.8. The largest absolute Gasteiger partial charge is 0.481 e. The molecule has 2 rings (SSSR count). The predicted octanol–water partition coefficient (Wildman–Crippen LogP) is 0.0933. The molecule has 72 valence electrons. The van der Waals surface area contributed by atoms with E-state index in [1.165, 1.54) is 0 Å². The van der Waals surface area contributed by atoms with Gasteiger partial charge in [-0.3, -0.25) is 4.79 Å². The molecule has 5 heteroatoms. The summed E-state index contributed by atoms with van der Waals surface area (Å²) in [5, 5.41) is 17.7. The molecule has 0 aromatic rings. The molecule has 1 aliphatic heterocycles. The normalized spacial score (nSPS) is 42.2. The van der Waals surface area contributed by atoms with Crippen LogP contribution in [0.3, 0.4) is 0 Å². The van der Waals surface area contributed by atoms with Crippen molar-refractivity contribution < 1.29 is 24.5 Å². The standard InChI is InChI=1S/C8H10O5/c9-6(10)4-2-1-3-5-8(4,13-5)7(11)12/h4-5H,1-3H2,(H,9,10)(H,11,12). The smallest absolute Gasteiger partial charge is 0.339 e. The summed E-state index contributed by atoms with van der Waals surface area (Å²) >= 11 is 0. The molecule has 0 spiro atoms. The lowest BCUT2D eigenvalue weighted by Crippen LogP contribution is -2.42. The Bertz CT molecular complexity index is 274. The molecule has 1 aliphatic carbocycles. The first-order valence-electron chi connectivity index (χ1n) is 4.23. The zero-order chi connectivity index (χ0) is 9.64. The molecule has 0 amide bonds. The van der Waals surface area contributed by atoms with Crippen molar-refractivity contribution in [2.45, 2.75) is 31.0 Å². The molecule has 2 aliphatic rings. The van der Waals surface area contributed by atoms with Crippen LogP contribution >= 0.6 is 0 Å². The number of carbonyl (C=O) groups is 2. The summed E-state index contributed by atoms with van der Waals surface area (Å²) in [7, 11) is 0. The van der Waals surface area contributed by atoms with Crippen LogP contribution in [0.15, 0.2) is 0 Å². The van der Waals surface area contributed by atoms with Crippen molar-refractivity contribution in [3.8, 4) is 0 Å². The van der Waals surface area contributed by atoms with Crippen LogP contribution in [-0.2, 0) is 14.3 Å². The molecule has 2 fully saturated rings. The summed E-state index contributed by atoms with van der Waals surface area (Å²) in [6.45, 7) is 0. The predicted molar refractivity (Wildman–Crippen MR) is 40.2 cm³/mol. The molecule has 3 unspecified atom stereocenters. The van der Waals surface area contributed by atoms with Crippen LogP contribution in [0.25, 0.3) is 0 Å². The molecule has 13 heavy (non-hydrogen) atoms. The molecule has 1 heterocycles. The fourth-order valence-corrected chi connectivity index (χ4v) is 2.15. The highest BCUT2D eigenvalue weighted by Crippen LogP contribution is 2.51. The summed E-state index contributed by atoms with van der Waals surface area (Å²) in [6, 6.07) is 0. The average molecular weight is 186 g/mol. The van der Waals surface area contributed by atoms with Gasteiger partial charge in [0.15, 0.2) is 0 Å². The van der Waals surface area contributed by atoms with Crippen LogP contribution in [-0.4, -0.2) is 33.9 Å². The zero-order valence-electron chi connectivity index (χ0n) is 6.90. The van der Waals surface area contributed by atoms with Gasteiger partial charge in [-0.1, -0.05) is 0 Å². The van der Waals surface area contributed by atoms with E-state index in [-0.39, 0.29) is 6.10 Å². The molecule has 0 aromatic heterocycles.